The lowest BCUT2D eigenvalue weighted by molar-refractivity contribution is 0.393. The lowest BCUT2D eigenvalue weighted by Gasteiger charge is -2.23. The van der Waals surface area contributed by atoms with E-state index in [0.717, 1.165) is 5.56 Å². The van der Waals surface area contributed by atoms with Crippen LogP contribution < -0.4 is 9.16 Å². The highest BCUT2D eigenvalue weighted by Gasteiger charge is 2.27. The van der Waals surface area contributed by atoms with Crippen LogP contribution in [0.15, 0.2) is 61.1 Å². The molecule has 0 saturated carbocycles. The second-order valence-electron chi connectivity index (χ2n) is 3.98. The summed E-state index contributed by atoms with van der Waals surface area (Å²) in [5.74, 6) is 1.38. The van der Waals surface area contributed by atoms with Crippen molar-refractivity contribution in [3.05, 3.63) is 66.7 Å². The molecule has 1 aromatic carbocycles. The van der Waals surface area contributed by atoms with E-state index in [-0.39, 0.29) is 0 Å². The number of methoxy groups -OCH3 is 1. The van der Waals surface area contributed by atoms with Crippen molar-refractivity contribution in [3.63, 3.8) is 0 Å². The Hall–Kier alpha value is -2.00. The summed E-state index contributed by atoms with van der Waals surface area (Å²) in [6, 6.07) is 5.81. The number of hydrogen-bond donors (Lipinski definition) is 0. The molecule has 0 fully saturated rings. The molecule has 0 heterocycles. The monoisotopic (exact) mass is 272 g/mol. The molecule has 100 valence electrons. The van der Waals surface area contributed by atoms with Gasteiger partial charge in [0.05, 0.1) is 7.11 Å². The van der Waals surface area contributed by atoms with Crippen LogP contribution in [0.5, 0.6) is 11.5 Å². The number of benzene rings is 1. The summed E-state index contributed by atoms with van der Waals surface area (Å²) in [5, 5.41) is 0. The molecule has 0 aromatic heterocycles. The van der Waals surface area contributed by atoms with Gasteiger partial charge in [0.2, 0.25) is 0 Å². The highest BCUT2D eigenvalue weighted by Crippen LogP contribution is 2.31. The van der Waals surface area contributed by atoms with Gasteiger partial charge in [-0.3, -0.25) is 0 Å². The van der Waals surface area contributed by atoms with Crippen LogP contribution in [-0.4, -0.2) is 15.4 Å². The summed E-state index contributed by atoms with van der Waals surface area (Å²) in [7, 11) is -0.723. The maximum Gasteiger partial charge on any atom is 0.323 e. The Morgan fingerprint density at radius 1 is 1.05 bits per heavy atom. The first-order valence-electron chi connectivity index (χ1n) is 6.05. The summed E-state index contributed by atoms with van der Waals surface area (Å²) >= 11 is 0. The van der Waals surface area contributed by atoms with Crippen LogP contribution in [0.4, 0.5) is 0 Å². The van der Waals surface area contributed by atoms with E-state index in [2.05, 4.69) is 19.7 Å². The van der Waals surface area contributed by atoms with E-state index >= 15 is 0 Å². The fourth-order valence-electron chi connectivity index (χ4n) is 1.63. The second-order valence-corrected chi connectivity index (χ2v) is 7.11. The van der Waals surface area contributed by atoms with Crippen molar-refractivity contribution in [3.8, 4) is 11.5 Å². The van der Waals surface area contributed by atoms with Gasteiger partial charge in [0.15, 0.2) is 5.75 Å². The summed E-state index contributed by atoms with van der Waals surface area (Å²) in [5.41, 5.74) is 6.42. The number of ether oxygens (including phenoxy) is 1. The normalized spacial score (nSPS) is 11.1. The van der Waals surface area contributed by atoms with Gasteiger partial charge in [0, 0.05) is 0 Å². The molecular weight excluding hydrogens is 252 g/mol. The van der Waals surface area contributed by atoms with Gasteiger partial charge in [-0.25, -0.2) is 0 Å². The van der Waals surface area contributed by atoms with E-state index in [9.17, 15) is 0 Å². The number of rotatable bonds is 7. The molecule has 0 N–H and O–H groups in total. The molecule has 0 amide bonds. The minimum absolute atomic E-state index is 0.683. The van der Waals surface area contributed by atoms with E-state index in [0.29, 0.717) is 11.5 Å². The van der Waals surface area contributed by atoms with Gasteiger partial charge < -0.3 is 9.16 Å². The first-order chi connectivity index (χ1) is 9.14. The van der Waals surface area contributed by atoms with E-state index in [4.69, 9.17) is 9.16 Å². The van der Waals surface area contributed by atoms with E-state index in [1.165, 1.54) is 0 Å². The highest BCUT2D eigenvalue weighted by atomic mass is 28.4. The van der Waals surface area contributed by atoms with E-state index in [1.807, 2.05) is 37.3 Å². The first-order valence-corrected chi connectivity index (χ1v) is 8.19. The minimum Gasteiger partial charge on any atom is -0.529 e. The van der Waals surface area contributed by atoms with Gasteiger partial charge in [0.25, 0.3) is 0 Å². The average molecular weight is 272 g/mol. The van der Waals surface area contributed by atoms with Crippen molar-refractivity contribution in [2.75, 3.05) is 7.11 Å². The SMILES string of the molecule is C=C[Si](C=C)(C=C)Oc1ccc(C=CC)cc1OC. The average Bonchev–Trinajstić information content (AvgIpc) is 2.46. The zero-order valence-electron chi connectivity index (χ0n) is 11.6. The van der Waals surface area contributed by atoms with Crippen LogP contribution in [-0.2, 0) is 0 Å². The molecule has 0 aliphatic heterocycles. The van der Waals surface area contributed by atoms with Gasteiger partial charge in [-0.1, -0.05) is 35.3 Å². The van der Waals surface area contributed by atoms with Crippen molar-refractivity contribution in [1.29, 1.82) is 0 Å². The summed E-state index contributed by atoms with van der Waals surface area (Å²) < 4.78 is 11.4. The number of allylic oxidation sites excluding steroid dienone is 1. The molecule has 1 rings (SSSR count). The Balaban J connectivity index is 3.16. The predicted molar refractivity (Wildman–Crippen MR) is 84.7 cm³/mol. The topological polar surface area (TPSA) is 18.5 Å². The third-order valence-corrected chi connectivity index (χ3v) is 5.28. The van der Waals surface area contributed by atoms with Crippen LogP contribution in [0.2, 0.25) is 0 Å². The maximum absolute atomic E-state index is 6.04. The Kier molecular flexibility index (Phi) is 5.39. The molecule has 0 bridgehead atoms. The molecule has 2 nitrogen and oxygen atoms in total. The second kappa shape index (κ2) is 6.80. The van der Waals surface area contributed by atoms with Crippen LogP contribution in [0.3, 0.4) is 0 Å². The molecule has 0 aliphatic carbocycles. The van der Waals surface area contributed by atoms with Crippen LogP contribution >= 0.6 is 0 Å². The predicted octanol–water partition coefficient (Wildman–Crippen LogP) is 4.23. The maximum atomic E-state index is 6.04. The quantitative estimate of drug-likeness (QED) is 0.692. The van der Waals surface area contributed by atoms with Gasteiger partial charge in [0.1, 0.15) is 5.75 Å². The lowest BCUT2D eigenvalue weighted by atomic mass is 10.2. The van der Waals surface area contributed by atoms with Gasteiger partial charge in [-0.15, -0.1) is 19.7 Å². The molecule has 1 aromatic rings. The van der Waals surface area contributed by atoms with Crippen molar-refractivity contribution in [1.82, 2.24) is 0 Å². The Labute approximate surface area is 116 Å². The zero-order valence-corrected chi connectivity index (χ0v) is 12.6. The third kappa shape index (κ3) is 3.48. The first kappa shape index (κ1) is 15.1. The highest BCUT2D eigenvalue weighted by molar-refractivity contribution is 6.88. The largest absolute Gasteiger partial charge is 0.529 e. The van der Waals surface area contributed by atoms with Crippen molar-refractivity contribution >= 4 is 14.4 Å². The molecule has 0 aliphatic rings. The smallest absolute Gasteiger partial charge is 0.323 e. The Morgan fingerprint density at radius 3 is 2.16 bits per heavy atom. The fraction of sp³-hybridized carbons (Fsp3) is 0.125. The summed E-state index contributed by atoms with van der Waals surface area (Å²) in [6.45, 7) is 13.4. The van der Waals surface area contributed by atoms with E-state index < -0.39 is 8.32 Å². The van der Waals surface area contributed by atoms with Gasteiger partial charge in [-0.05, 0) is 24.6 Å². The lowest BCUT2D eigenvalue weighted by Crippen LogP contribution is -2.35. The van der Waals surface area contributed by atoms with Crippen molar-refractivity contribution in [2.45, 2.75) is 6.92 Å². The Bertz CT molecular complexity index is 482. The van der Waals surface area contributed by atoms with Crippen LogP contribution in [0.25, 0.3) is 6.08 Å². The molecular formula is C16H20O2Si. The molecule has 0 radical (unpaired) electrons. The molecule has 0 atom stereocenters. The van der Waals surface area contributed by atoms with Crippen LogP contribution in [0, 0.1) is 0 Å². The minimum atomic E-state index is -2.35. The Morgan fingerprint density at radius 2 is 1.68 bits per heavy atom. The molecule has 0 spiro atoms. The van der Waals surface area contributed by atoms with Gasteiger partial charge in [-0.2, -0.15) is 0 Å². The fourth-order valence-corrected chi connectivity index (χ4v) is 2.93. The molecule has 3 heteroatoms. The molecule has 0 unspecified atom stereocenters. The third-order valence-electron chi connectivity index (χ3n) is 2.79. The van der Waals surface area contributed by atoms with Crippen molar-refractivity contribution < 1.29 is 9.16 Å². The van der Waals surface area contributed by atoms with Gasteiger partial charge >= 0.3 is 8.32 Å². The standard InChI is InChI=1S/C16H20O2Si/c1-6-10-14-11-12-15(16(13-14)17-5)18-19(7-2,8-3)9-4/h6-13H,2-4H2,1,5H3. The van der Waals surface area contributed by atoms with Crippen LogP contribution in [0.1, 0.15) is 12.5 Å². The zero-order chi connectivity index (χ0) is 14.3. The van der Waals surface area contributed by atoms with E-state index in [1.54, 1.807) is 24.2 Å². The summed E-state index contributed by atoms with van der Waals surface area (Å²) in [4.78, 5) is 0. The molecule has 19 heavy (non-hydrogen) atoms. The molecule has 0 saturated heterocycles. The van der Waals surface area contributed by atoms with Crippen molar-refractivity contribution in [2.24, 2.45) is 0 Å². The number of hydrogen-bond acceptors (Lipinski definition) is 2. The summed E-state index contributed by atoms with van der Waals surface area (Å²) in [6.07, 6.45) is 3.98.